The number of rotatable bonds is 5. The van der Waals surface area contributed by atoms with E-state index in [2.05, 4.69) is 36.7 Å². The second-order valence-corrected chi connectivity index (χ2v) is 7.75. The standard InChI is InChI=1S/C24H23FN6O/c1-17(18-5-7-19(25)8-6-18)30-11-13-31(14-12-30)22-15-23(29-16-28-22)32-21-4-2-3-20-24(21)27-10-9-26-20/h2-10,15-17H,11-14H2,1H3/t17-/m1/s1. The SMILES string of the molecule is C[C@H](c1ccc(F)cc1)N1CCN(c2cc(Oc3cccc4nccnc34)ncn2)CC1. The summed E-state index contributed by atoms with van der Waals surface area (Å²) in [6.07, 6.45) is 4.83. The molecule has 3 heterocycles. The van der Waals surface area contributed by atoms with Crippen molar-refractivity contribution in [1.82, 2.24) is 24.8 Å². The molecule has 5 rings (SSSR count). The normalized spacial score (nSPS) is 15.6. The molecule has 1 fully saturated rings. The Labute approximate surface area is 185 Å². The lowest BCUT2D eigenvalue weighted by molar-refractivity contribution is 0.198. The predicted octanol–water partition coefficient (Wildman–Crippen LogP) is 4.23. The molecule has 2 aromatic heterocycles. The average molecular weight is 430 g/mol. The van der Waals surface area contributed by atoms with E-state index in [0.29, 0.717) is 17.1 Å². The summed E-state index contributed by atoms with van der Waals surface area (Å²) in [4.78, 5) is 22.0. The molecule has 162 valence electrons. The molecule has 0 spiro atoms. The fourth-order valence-corrected chi connectivity index (χ4v) is 4.01. The molecule has 1 aliphatic heterocycles. The zero-order valence-corrected chi connectivity index (χ0v) is 17.7. The first-order valence-corrected chi connectivity index (χ1v) is 10.6. The number of halogens is 1. The van der Waals surface area contributed by atoms with Crippen LogP contribution in [0.3, 0.4) is 0 Å². The van der Waals surface area contributed by atoms with E-state index in [0.717, 1.165) is 43.1 Å². The van der Waals surface area contributed by atoms with Crippen LogP contribution in [0.25, 0.3) is 11.0 Å². The number of hydrogen-bond acceptors (Lipinski definition) is 7. The van der Waals surface area contributed by atoms with E-state index in [9.17, 15) is 4.39 Å². The summed E-state index contributed by atoms with van der Waals surface area (Å²) in [5.41, 5.74) is 2.58. The monoisotopic (exact) mass is 430 g/mol. The zero-order chi connectivity index (χ0) is 21.9. The maximum Gasteiger partial charge on any atom is 0.224 e. The summed E-state index contributed by atoms with van der Waals surface area (Å²) in [7, 11) is 0. The summed E-state index contributed by atoms with van der Waals surface area (Å²) >= 11 is 0. The maximum atomic E-state index is 13.2. The van der Waals surface area contributed by atoms with Crippen molar-refractivity contribution in [2.45, 2.75) is 13.0 Å². The number of nitrogens with zero attached hydrogens (tertiary/aromatic N) is 6. The third-order valence-corrected chi connectivity index (χ3v) is 5.84. The van der Waals surface area contributed by atoms with Crippen LogP contribution in [-0.4, -0.2) is 51.0 Å². The lowest BCUT2D eigenvalue weighted by atomic mass is 10.1. The number of ether oxygens (including phenoxy) is 1. The highest BCUT2D eigenvalue weighted by atomic mass is 19.1. The van der Waals surface area contributed by atoms with Crippen molar-refractivity contribution >= 4 is 16.9 Å². The zero-order valence-electron chi connectivity index (χ0n) is 17.7. The molecule has 1 atom stereocenters. The topological polar surface area (TPSA) is 67.3 Å². The van der Waals surface area contributed by atoms with E-state index in [-0.39, 0.29) is 11.9 Å². The van der Waals surface area contributed by atoms with Gasteiger partial charge in [-0.1, -0.05) is 18.2 Å². The Morgan fingerprint density at radius 1 is 0.906 bits per heavy atom. The molecular formula is C24H23FN6O. The van der Waals surface area contributed by atoms with E-state index >= 15 is 0 Å². The number of piperazine rings is 1. The summed E-state index contributed by atoms with van der Waals surface area (Å²) in [6.45, 7) is 5.60. The number of hydrogen-bond donors (Lipinski definition) is 0. The molecule has 2 aromatic carbocycles. The minimum absolute atomic E-state index is 0.205. The lowest BCUT2D eigenvalue weighted by Gasteiger charge is -2.38. The second kappa shape index (κ2) is 8.84. The minimum Gasteiger partial charge on any atom is -0.436 e. The molecule has 8 heteroatoms. The number of anilines is 1. The molecule has 0 radical (unpaired) electrons. The molecule has 7 nitrogen and oxygen atoms in total. The first-order chi connectivity index (χ1) is 15.7. The second-order valence-electron chi connectivity index (χ2n) is 7.75. The molecule has 0 N–H and O–H groups in total. The van der Waals surface area contributed by atoms with Gasteiger partial charge >= 0.3 is 0 Å². The van der Waals surface area contributed by atoms with Crippen molar-refractivity contribution in [2.75, 3.05) is 31.1 Å². The highest BCUT2D eigenvalue weighted by molar-refractivity contribution is 5.80. The van der Waals surface area contributed by atoms with Crippen LogP contribution in [0, 0.1) is 5.82 Å². The Balaban J connectivity index is 1.27. The summed E-state index contributed by atoms with van der Waals surface area (Å²) < 4.78 is 19.3. The van der Waals surface area contributed by atoms with Crippen LogP contribution in [0.2, 0.25) is 0 Å². The Bertz CT molecular complexity index is 1210. The molecule has 0 saturated carbocycles. The predicted molar refractivity (Wildman–Crippen MR) is 120 cm³/mol. The van der Waals surface area contributed by atoms with Crippen molar-refractivity contribution < 1.29 is 9.13 Å². The molecule has 0 aliphatic carbocycles. The quantitative estimate of drug-likeness (QED) is 0.469. The van der Waals surface area contributed by atoms with Crippen molar-refractivity contribution in [3.8, 4) is 11.6 Å². The molecule has 0 unspecified atom stereocenters. The molecule has 1 saturated heterocycles. The van der Waals surface area contributed by atoms with Crippen LogP contribution >= 0.6 is 0 Å². The molecule has 4 aromatic rings. The summed E-state index contributed by atoms with van der Waals surface area (Å²) in [5.74, 6) is 1.70. The maximum absolute atomic E-state index is 13.2. The van der Waals surface area contributed by atoms with Crippen molar-refractivity contribution in [1.29, 1.82) is 0 Å². The molecular weight excluding hydrogens is 407 g/mol. The van der Waals surface area contributed by atoms with Gasteiger partial charge in [-0.2, -0.15) is 0 Å². The van der Waals surface area contributed by atoms with E-state index in [1.54, 1.807) is 12.4 Å². The van der Waals surface area contributed by atoms with Crippen molar-refractivity contribution in [3.63, 3.8) is 0 Å². The fraction of sp³-hybridized carbons (Fsp3) is 0.250. The fourth-order valence-electron chi connectivity index (χ4n) is 4.01. The van der Waals surface area contributed by atoms with Gasteiger partial charge in [0.1, 0.15) is 23.5 Å². The van der Waals surface area contributed by atoms with Gasteiger partial charge in [0.25, 0.3) is 0 Å². The third-order valence-electron chi connectivity index (χ3n) is 5.84. The van der Waals surface area contributed by atoms with Crippen molar-refractivity contribution in [3.05, 3.63) is 78.6 Å². The van der Waals surface area contributed by atoms with Gasteiger partial charge in [-0.05, 0) is 36.8 Å². The van der Waals surface area contributed by atoms with Gasteiger partial charge in [-0.3, -0.25) is 9.88 Å². The number of fused-ring (bicyclic) bond motifs is 1. The number of para-hydroxylation sites is 1. The summed E-state index contributed by atoms with van der Waals surface area (Å²) in [6, 6.07) is 14.5. The molecule has 32 heavy (non-hydrogen) atoms. The van der Waals surface area contributed by atoms with E-state index in [1.807, 2.05) is 36.4 Å². The van der Waals surface area contributed by atoms with Gasteiger partial charge in [0.15, 0.2) is 5.75 Å². The Kier molecular flexibility index (Phi) is 5.60. The summed E-state index contributed by atoms with van der Waals surface area (Å²) in [5, 5.41) is 0. The van der Waals surface area contributed by atoms with Crippen LogP contribution in [0.15, 0.2) is 67.3 Å². The third kappa shape index (κ3) is 4.22. The van der Waals surface area contributed by atoms with Crippen LogP contribution in [-0.2, 0) is 0 Å². The number of benzene rings is 2. The van der Waals surface area contributed by atoms with E-state index in [4.69, 9.17) is 4.74 Å². The van der Waals surface area contributed by atoms with Gasteiger partial charge in [-0.15, -0.1) is 0 Å². The Morgan fingerprint density at radius 3 is 2.50 bits per heavy atom. The highest BCUT2D eigenvalue weighted by Gasteiger charge is 2.23. The first kappa shape index (κ1) is 20.3. The first-order valence-electron chi connectivity index (χ1n) is 10.6. The Hall–Kier alpha value is -3.65. The molecule has 0 amide bonds. The van der Waals surface area contributed by atoms with E-state index < -0.39 is 0 Å². The Morgan fingerprint density at radius 2 is 1.69 bits per heavy atom. The van der Waals surface area contributed by atoms with Gasteiger partial charge in [0, 0.05) is 50.7 Å². The van der Waals surface area contributed by atoms with Gasteiger partial charge in [0.2, 0.25) is 5.88 Å². The van der Waals surface area contributed by atoms with Gasteiger partial charge in [-0.25, -0.2) is 19.3 Å². The average Bonchev–Trinajstić information content (AvgIpc) is 2.85. The van der Waals surface area contributed by atoms with Crippen LogP contribution in [0.5, 0.6) is 11.6 Å². The lowest BCUT2D eigenvalue weighted by Crippen LogP contribution is -2.47. The smallest absolute Gasteiger partial charge is 0.224 e. The van der Waals surface area contributed by atoms with Crippen LogP contribution in [0.1, 0.15) is 18.5 Å². The van der Waals surface area contributed by atoms with Crippen molar-refractivity contribution in [2.24, 2.45) is 0 Å². The molecule has 1 aliphatic rings. The van der Waals surface area contributed by atoms with Gasteiger partial charge in [0.05, 0.1) is 5.52 Å². The van der Waals surface area contributed by atoms with E-state index in [1.165, 1.54) is 18.5 Å². The highest BCUT2D eigenvalue weighted by Crippen LogP contribution is 2.28. The molecule has 0 bridgehead atoms. The van der Waals surface area contributed by atoms with Crippen LogP contribution in [0.4, 0.5) is 10.2 Å². The minimum atomic E-state index is -0.205. The van der Waals surface area contributed by atoms with Crippen LogP contribution < -0.4 is 9.64 Å². The number of aromatic nitrogens is 4. The van der Waals surface area contributed by atoms with Gasteiger partial charge < -0.3 is 9.64 Å². The largest absolute Gasteiger partial charge is 0.436 e.